The van der Waals surface area contributed by atoms with Crippen LogP contribution in [-0.4, -0.2) is 36.3 Å². The number of benzene rings is 1. The molecule has 0 saturated heterocycles. The molecule has 0 spiro atoms. The van der Waals surface area contributed by atoms with Crippen LogP contribution >= 0.6 is 0 Å². The van der Waals surface area contributed by atoms with Crippen molar-refractivity contribution < 1.29 is 18.0 Å². The molecule has 22 heavy (non-hydrogen) atoms. The molecule has 1 aromatic rings. The van der Waals surface area contributed by atoms with Gasteiger partial charge in [-0.25, -0.2) is 4.99 Å². The van der Waals surface area contributed by atoms with Gasteiger partial charge in [-0.15, -0.1) is 0 Å². The molecule has 9 heteroatoms. The van der Waals surface area contributed by atoms with Crippen LogP contribution in [0.15, 0.2) is 39.2 Å². The van der Waals surface area contributed by atoms with Crippen molar-refractivity contribution in [2.24, 2.45) is 15.0 Å². The van der Waals surface area contributed by atoms with E-state index in [9.17, 15) is 18.0 Å². The minimum absolute atomic E-state index is 0.106. The van der Waals surface area contributed by atoms with Crippen molar-refractivity contribution in [1.82, 2.24) is 5.32 Å². The predicted molar refractivity (Wildman–Crippen MR) is 75.1 cm³/mol. The number of carbonyl (C=O) groups excluding carboxylic acids is 1. The first-order valence-electron chi connectivity index (χ1n) is 6.32. The molecular weight excluding hydrogens is 299 g/mol. The number of hydrogen-bond acceptors (Lipinski definition) is 5. The van der Waals surface area contributed by atoms with Crippen LogP contribution < -0.4 is 10.6 Å². The highest BCUT2D eigenvalue weighted by Gasteiger charge is 2.32. The monoisotopic (exact) mass is 309 g/mol. The van der Waals surface area contributed by atoms with Crippen molar-refractivity contribution in [2.45, 2.75) is 18.6 Å². The third-order valence-electron chi connectivity index (χ3n) is 2.96. The summed E-state index contributed by atoms with van der Waals surface area (Å²) >= 11 is 0. The van der Waals surface area contributed by atoms with Gasteiger partial charge >= 0.3 is 6.18 Å². The second kappa shape index (κ2) is 5.24. The van der Waals surface area contributed by atoms with Crippen LogP contribution in [0.5, 0.6) is 0 Å². The molecule has 1 aromatic carbocycles. The summed E-state index contributed by atoms with van der Waals surface area (Å²) in [6.45, 7) is 0. The summed E-state index contributed by atoms with van der Waals surface area (Å²) in [6, 6.07) is 5.05. The van der Waals surface area contributed by atoms with Gasteiger partial charge in [0.05, 0.1) is 6.42 Å². The van der Waals surface area contributed by atoms with E-state index >= 15 is 0 Å². The van der Waals surface area contributed by atoms with Gasteiger partial charge in [-0.3, -0.25) is 15.1 Å². The summed E-state index contributed by atoms with van der Waals surface area (Å²) in [6.07, 6.45) is -4.06. The molecule has 3 rings (SSSR count). The number of halogens is 3. The second-order valence-electron chi connectivity index (χ2n) is 4.72. The van der Waals surface area contributed by atoms with Crippen LogP contribution in [0.1, 0.15) is 5.56 Å². The number of guanidine groups is 1. The first-order chi connectivity index (χ1) is 10.4. The largest absolute Gasteiger partial charge is 0.393 e. The molecule has 0 radical (unpaired) electrons. The molecule has 0 bridgehead atoms. The minimum Gasteiger partial charge on any atom is -0.326 e. The highest BCUT2D eigenvalue weighted by atomic mass is 19.4. The fourth-order valence-corrected chi connectivity index (χ4v) is 2.09. The molecule has 1 unspecified atom stereocenters. The predicted octanol–water partition coefficient (Wildman–Crippen LogP) is 1.50. The van der Waals surface area contributed by atoms with Gasteiger partial charge in [-0.05, 0) is 17.7 Å². The molecule has 0 aromatic heterocycles. The molecule has 1 amide bonds. The van der Waals surface area contributed by atoms with E-state index in [1.807, 2.05) is 0 Å². The Bertz CT molecular complexity index is 708. The van der Waals surface area contributed by atoms with E-state index in [1.54, 1.807) is 6.07 Å². The lowest BCUT2D eigenvalue weighted by molar-refractivity contribution is -0.127. The maximum atomic E-state index is 12.4. The Morgan fingerprint density at radius 2 is 2.14 bits per heavy atom. The van der Waals surface area contributed by atoms with Gasteiger partial charge in [0.1, 0.15) is 6.34 Å². The van der Waals surface area contributed by atoms with E-state index in [0.29, 0.717) is 5.69 Å². The molecule has 2 N–H and O–H groups in total. The normalized spacial score (nSPS) is 20.1. The fourth-order valence-electron chi connectivity index (χ4n) is 2.09. The molecule has 0 saturated carbocycles. The number of alkyl halides is 3. The Labute approximate surface area is 122 Å². The molecule has 2 heterocycles. The number of hydrogen-bond donors (Lipinski definition) is 2. The number of anilines is 1. The van der Waals surface area contributed by atoms with Crippen LogP contribution in [-0.2, 0) is 11.2 Å². The van der Waals surface area contributed by atoms with Crippen LogP contribution in [0.3, 0.4) is 0 Å². The third kappa shape index (κ3) is 3.13. The zero-order valence-electron chi connectivity index (χ0n) is 11.1. The number of aliphatic imine (C=N–C) groups is 3. The lowest BCUT2D eigenvalue weighted by Crippen LogP contribution is -2.48. The summed E-state index contributed by atoms with van der Waals surface area (Å²) in [5, 5.41) is 5.25. The number of nitrogens with zero attached hydrogens (tertiary/aromatic N) is 3. The Morgan fingerprint density at radius 3 is 2.91 bits per heavy atom. The van der Waals surface area contributed by atoms with Gasteiger partial charge in [0.2, 0.25) is 5.96 Å². The van der Waals surface area contributed by atoms with E-state index in [-0.39, 0.29) is 17.4 Å². The van der Waals surface area contributed by atoms with Crippen molar-refractivity contribution in [1.29, 1.82) is 0 Å². The highest BCUT2D eigenvalue weighted by Crippen LogP contribution is 2.23. The molecule has 114 valence electrons. The topological polar surface area (TPSA) is 78.2 Å². The van der Waals surface area contributed by atoms with Crippen molar-refractivity contribution in [3.8, 4) is 0 Å². The Balaban J connectivity index is 1.76. The highest BCUT2D eigenvalue weighted by molar-refractivity contribution is 6.24. The Morgan fingerprint density at radius 1 is 1.32 bits per heavy atom. The first kappa shape index (κ1) is 14.2. The maximum absolute atomic E-state index is 12.4. The molecular formula is C13H10F3N5O. The summed E-state index contributed by atoms with van der Waals surface area (Å²) in [7, 11) is 0. The summed E-state index contributed by atoms with van der Waals surface area (Å²) < 4.78 is 37.2. The maximum Gasteiger partial charge on any atom is 0.393 e. The third-order valence-corrected chi connectivity index (χ3v) is 2.96. The average Bonchev–Trinajstić information content (AvgIpc) is 2.85. The molecule has 2 aliphatic rings. The fraction of sp³-hybridized carbons (Fsp3) is 0.231. The number of nitrogens with one attached hydrogen (secondary N) is 2. The second-order valence-corrected chi connectivity index (χ2v) is 4.72. The van der Waals surface area contributed by atoms with Crippen molar-refractivity contribution in [3.63, 3.8) is 0 Å². The van der Waals surface area contributed by atoms with Gasteiger partial charge in [-0.2, -0.15) is 18.2 Å². The van der Waals surface area contributed by atoms with Gasteiger partial charge in [0.15, 0.2) is 11.9 Å². The van der Waals surface area contributed by atoms with E-state index in [2.05, 4.69) is 25.6 Å². The van der Waals surface area contributed by atoms with Crippen LogP contribution in [0.4, 0.5) is 18.9 Å². The van der Waals surface area contributed by atoms with Crippen LogP contribution in [0.2, 0.25) is 0 Å². The number of amides is 1. The van der Waals surface area contributed by atoms with Gasteiger partial charge in [0.25, 0.3) is 5.91 Å². The molecule has 0 aliphatic carbocycles. The van der Waals surface area contributed by atoms with Crippen molar-refractivity contribution in [3.05, 3.63) is 29.8 Å². The molecule has 6 nitrogen and oxygen atoms in total. The zero-order valence-corrected chi connectivity index (χ0v) is 11.1. The molecule has 1 atom stereocenters. The van der Waals surface area contributed by atoms with Crippen molar-refractivity contribution >= 4 is 29.7 Å². The lowest BCUT2D eigenvalue weighted by atomic mass is 10.1. The SMILES string of the molecule is O=C1NC(Nc2cccc(CC(F)(F)F)c2)=NC2=NC=NC12. The average molecular weight is 309 g/mol. The van der Waals surface area contributed by atoms with Crippen molar-refractivity contribution in [2.75, 3.05) is 5.32 Å². The Kier molecular flexibility index (Phi) is 3.39. The van der Waals surface area contributed by atoms with E-state index < -0.39 is 24.5 Å². The zero-order chi connectivity index (χ0) is 15.7. The number of amidine groups is 1. The van der Waals surface area contributed by atoms with Gasteiger partial charge in [-0.1, -0.05) is 12.1 Å². The molecule has 2 aliphatic heterocycles. The first-order valence-corrected chi connectivity index (χ1v) is 6.32. The van der Waals surface area contributed by atoms with E-state index in [0.717, 1.165) is 0 Å². The standard InChI is InChI=1S/C13H10F3N5O/c14-13(15,16)5-7-2-1-3-8(4-7)19-12-20-10-9(11(22)21-12)17-6-18-10/h1-4,6,9H,5H2,(H2,17,18,19,20,21,22). The number of fused-ring (bicyclic) bond motifs is 1. The van der Waals surface area contributed by atoms with Crippen LogP contribution in [0, 0.1) is 0 Å². The number of rotatable bonds is 2. The molecule has 0 fully saturated rings. The van der Waals surface area contributed by atoms with Gasteiger partial charge in [0, 0.05) is 5.69 Å². The summed E-state index contributed by atoms with van der Waals surface area (Å²) in [4.78, 5) is 23.5. The van der Waals surface area contributed by atoms with E-state index in [1.165, 1.54) is 24.5 Å². The minimum atomic E-state index is -4.28. The lowest BCUT2D eigenvalue weighted by Gasteiger charge is -2.18. The van der Waals surface area contributed by atoms with E-state index in [4.69, 9.17) is 0 Å². The number of carbonyl (C=O) groups is 1. The summed E-state index contributed by atoms with van der Waals surface area (Å²) in [5.41, 5.74) is 0.499. The quantitative estimate of drug-likeness (QED) is 0.868. The summed E-state index contributed by atoms with van der Waals surface area (Å²) in [5.74, 6) is -0.0381. The van der Waals surface area contributed by atoms with Gasteiger partial charge < -0.3 is 5.32 Å². The smallest absolute Gasteiger partial charge is 0.326 e. The van der Waals surface area contributed by atoms with Crippen LogP contribution in [0.25, 0.3) is 0 Å². The Hall–Kier alpha value is -2.71.